The first-order valence-electron chi connectivity index (χ1n) is 17.1. The molecule has 6 atom stereocenters. The number of aliphatic hydroxyl groups is 2. The number of hydrogen-bond acceptors (Lipinski definition) is 14. The van der Waals surface area contributed by atoms with Crippen molar-refractivity contribution < 1.29 is 58.7 Å². The average molecular weight is 711 g/mol. The highest BCUT2D eigenvalue weighted by atomic mass is 16.7. The Kier molecular flexibility index (Phi) is 9.23. The number of Topliss-reactive ketones (excluding diaryl/α,β-unsaturated/α-hetero) is 1. The van der Waals surface area contributed by atoms with E-state index in [0.29, 0.717) is 0 Å². The van der Waals surface area contributed by atoms with Crippen molar-refractivity contribution in [1.29, 1.82) is 0 Å². The quantitative estimate of drug-likeness (QED) is 0.184. The highest BCUT2D eigenvalue weighted by molar-refractivity contribution is 6.31. The summed E-state index contributed by atoms with van der Waals surface area (Å²) in [5, 5.41) is 46.3. The third-order valence-electron chi connectivity index (χ3n) is 11.0. The maximum Gasteiger partial charge on any atom is 0.314 e. The summed E-state index contributed by atoms with van der Waals surface area (Å²) in [6.45, 7) is 9.89. The van der Waals surface area contributed by atoms with E-state index in [-0.39, 0.29) is 59.4 Å². The summed E-state index contributed by atoms with van der Waals surface area (Å²) >= 11 is 0. The topological polar surface area (TPSA) is 215 Å². The van der Waals surface area contributed by atoms with Gasteiger partial charge in [-0.25, -0.2) is 0 Å². The van der Waals surface area contributed by atoms with Crippen LogP contribution in [0.5, 0.6) is 17.2 Å². The lowest BCUT2D eigenvalue weighted by Crippen LogP contribution is -2.60. The van der Waals surface area contributed by atoms with E-state index in [1.807, 2.05) is 0 Å². The van der Waals surface area contributed by atoms with Gasteiger partial charge in [-0.2, -0.15) is 5.06 Å². The molecule has 276 valence electrons. The molecule has 14 heteroatoms. The summed E-state index contributed by atoms with van der Waals surface area (Å²) < 4.78 is 23.7. The fraction of sp³-hybridized carbons (Fsp3) is 0.568. The number of methoxy groups -OCH3 is 1. The van der Waals surface area contributed by atoms with Crippen LogP contribution < -0.4 is 15.2 Å². The van der Waals surface area contributed by atoms with Crippen molar-refractivity contribution >= 4 is 23.3 Å². The molecule has 4 aliphatic rings. The number of ether oxygens (including phenoxy) is 4. The Morgan fingerprint density at radius 2 is 1.67 bits per heavy atom. The fourth-order valence-corrected chi connectivity index (χ4v) is 8.37. The van der Waals surface area contributed by atoms with Gasteiger partial charge in [-0.3, -0.25) is 19.2 Å². The monoisotopic (exact) mass is 710 g/mol. The molecule has 0 amide bonds. The van der Waals surface area contributed by atoms with E-state index < -0.39 is 99.9 Å². The van der Waals surface area contributed by atoms with Crippen LogP contribution in [0.2, 0.25) is 0 Å². The molecule has 2 heterocycles. The number of piperidine rings is 1. The number of phenols is 1. The Labute approximate surface area is 295 Å². The number of carbonyl (C=O) groups is 4. The van der Waals surface area contributed by atoms with Crippen LogP contribution >= 0.6 is 0 Å². The number of aliphatic hydroxyl groups excluding tert-OH is 1. The van der Waals surface area contributed by atoms with Gasteiger partial charge in [0.25, 0.3) is 0 Å². The van der Waals surface area contributed by atoms with Crippen molar-refractivity contribution in [2.24, 2.45) is 11.7 Å². The number of nitrogens with two attached hydrogens (primary N) is 1. The van der Waals surface area contributed by atoms with Crippen molar-refractivity contribution in [2.45, 2.75) is 121 Å². The number of aromatic hydroxyl groups is 1. The number of fused-ring (bicyclic) bond motifs is 3. The van der Waals surface area contributed by atoms with Crippen LogP contribution in [-0.2, 0) is 25.5 Å². The van der Waals surface area contributed by atoms with Crippen LogP contribution in [-0.4, -0.2) is 97.2 Å². The fourth-order valence-electron chi connectivity index (χ4n) is 8.37. The number of benzene rings is 2. The normalized spacial score (nSPS) is 30.2. The largest absolute Gasteiger partial charge is 0.507 e. The van der Waals surface area contributed by atoms with E-state index in [2.05, 4.69) is 0 Å². The maximum atomic E-state index is 14.4. The first kappa shape index (κ1) is 37.0. The Morgan fingerprint density at radius 3 is 2.25 bits per heavy atom. The summed E-state index contributed by atoms with van der Waals surface area (Å²) in [5.41, 5.74) is 1.22. The van der Waals surface area contributed by atoms with Crippen molar-refractivity contribution in [3.8, 4) is 17.2 Å². The first-order valence-corrected chi connectivity index (χ1v) is 17.1. The third-order valence-corrected chi connectivity index (χ3v) is 11.0. The highest BCUT2D eigenvalue weighted by Crippen LogP contribution is 2.53. The molecule has 2 aliphatic carbocycles. The molecule has 2 aromatic rings. The summed E-state index contributed by atoms with van der Waals surface area (Å²) in [6.07, 6.45) is -4.65. The average Bonchev–Trinajstić information content (AvgIpc) is 3.05. The van der Waals surface area contributed by atoms with Crippen molar-refractivity contribution in [2.75, 3.05) is 7.11 Å². The Bertz CT molecular complexity index is 1790. The molecule has 2 aliphatic heterocycles. The lowest BCUT2D eigenvalue weighted by atomic mass is 9.72. The standard InChI is InChI=1S/C37H46N2O12/c1-16-29(41)21(38)11-24(49-16)50-23-15-37(46,17(2)40)14-20-26(23)32(44)27-28(30(42)19-9-8-10-22(48-7)25(19)31(27)43)33(20)51-34(45)18-12-35(3,4)39(47)36(5,6)13-18/h8-10,16,18,21,23-24,29,41,44,46-47H,11-15,38H2,1-7H3/t16?,21-,23-,24?,29-,37-/m0/s1. The van der Waals surface area contributed by atoms with E-state index in [9.17, 15) is 39.7 Å². The van der Waals surface area contributed by atoms with Crippen LogP contribution in [0, 0.1) is 5.92 Å². The zero-order chi connectivity index (χ0) is 37.5. The van der Waals surface area contributed by atoms with Crippen molar-refractivity contribution in [1.82, 2.24) is 5.06 Å². The van der Waals surface area contributed by atoms with Gasteiger partial charge in [0.1, 0.15) is 22.8 Å². The Morgan fingerprint density at radius 1 is 1.02 bits per heavy atom. The first-order chi connectivity index (χ1) is 23.7. The van der Waals surface area contributed by atoms with Gasteiger partial charge in [-0.1, -0.05) is 12.1 Å². The van der Waals surface area contributed by atoms with Gasteiger partial charge in [-0.15, -0.1) is 0 Å². The maximum absolute atomic E-state index is 14.4. The van der Waals surface area contributed by atoms with E-state index in [0.717, 1.165) is 0 Å². The predicted octanol–water partition coefficient (Wildman–Crippen LogP) is 2.89. The molecule has 0 spiro atoms. The SMILES string of the molecule is COc1cccc2c1C(=O)c1c(O)c3c(c(OC(=O)C4CC(C)(C)N(O)C(C)(C)C4)c1C2=O)C[C@@](O)(C(C)=O)C[C@@H]3OC1C[C@H](N)[C@@H](O)C(C)O1. The van der Waals surface area contributed by atoms with Crippen LogP contribution in [0.15, 0.2) is 18.2 Å². The number of esters is 1. The molecule has 0 aromatic heterocycles. The third kappa shape index (κ3) is 6.06. The Balaban J connectivity index is 1.56. The molecule has 2 unspecified atom stereocenters. The molecular weight excluding hydrogens is 664 g/mol. The molecule has 6 rings (SSSR count). The molecule has 0 saturated carbocycles. The van der Waals surface area contributed by atoms with Gasteiger partial charge in [-0.05, 0) is 60.5 Å². The molecule has 14 nitrogen and oxygen atoms in total. The van der Waals surface area contributed by atoms with Crippen molar-refractivity contribution in [3.63, 3.8) is 0 Å². The molecule has 6 N–H and O–H groups in total. The summed E-state index contributed by atoms with van der Waals surface area (Å²) in [6, 6.07) is 3.70. The van der Waals surface area contributed by atoms with Gasteiger partial charge < -0.3 is 45.2 Å². The lowest BCUT2D eigenvalue weighted by Gasteiger charge is -2.50. The molecule has 51 heavy (non-hydrogen) atoms. The number of rotatable bonds is 6. The second kappa shape index (κ2) is 12.7. The van der Waals surface area contributed by atoms with Gasteiger partial charge in [0.15, 0.2) is 17.9 Å². The van der Waals surface area contributed by atoms with Gasteiger partial charge in [0, 0.05) is 53.1 Å². The van der Waals surface area contributed by atoms with Gasteiger partial charge >= 0.3 is 5.97 Å². The summed E-state index contributed by atoms with van der Waals surface area (Å²) in [7, 11) is 1.34. The number of ketones is 3. The summed E-state index contributed by atoms with van der Waals surface area (Å²) in [5.74, 6) is -4.67. The van der Waals surface area contributed by atoms with Crippen LogP contribution in [0.1, 0.15) is 116 Å². The van der Waals surface area contributed by atoms with Crippen LogP contribution in [0.25, 0.3) is 0 Å². The number of hydrogen-bond donors (Lipinski definition) is 5. The summed E-state index contributed by atoms with van der Waals surface area (Å²) in [4.78, 5) is 56.1. The van der Waals surface area contributed by atoms with E-state index in [1.54, 1.807) is 34.6 Å². The number of hydroxylamine groups is 2. The highest BCUT2D eigenvalue weighted by Gasteiger charge is 2.52. The molecule has 0 bridgehead atoms. The molecule has 2 aromatic carbocycles. The molecule has 2 saturated heterocycles. The van der Waals surface area contributed by atoms with E-state index in [4.69, 9.17) is 24.7 Å². The predicted molar refractivity (Wildman–Crippen MR) is 179 cm³/mol. The van der Waals surface area contributed by atoms with Gasteiger partial charge in [0.2, 0.25) is 5.78 Å². The van der Waals surface area contributed by atoms with Crippen LogP contribution in [0.3, 0.4) is 0 Å². The second-order valence-electron chi connectivity index (χ2n) is 15.6. The minimum absolute atomic E-state index is 0.0144. The number of carbonyl (C=O) groups excluding carboxylic acids is 4. The van der Waals surface area contributed by atoms with Crippen LogP contribution in [0.4, 0.5) is 0 Å². The van der Waals surface area contributed by atoms with E-state index >= 15 is 0 Å². The molecule has 2 fully saturated rings. The number of phenolic OH excluding ortho intramolecular Hbond substituents is 1. The van der Waals surface area contributed by atoms with Gasteiger partial charge in [0.05, 0.1) is 48.0 Å². The molecular formula is C37H46N2O12. The number of nitrogens with zero attached hydrogens (tertiary/aromatic N) is 1. The Hall–Kier alpha value is -3.76. The van der Waals surface area contributed by atoms with Crippen molar-refractivity contribution in [3.05, 3.63) is 51.6 Å². The zero-order valence-electron chi connectivity index (χ0n) is 29.8. The minimum Gasteiger partial charge on any atom is -0.507 e. The zero-order valence-corrected chi connectivity index (χ0v) is 29.8. The lowest BCUT2D eigenvalue weighted by molar-refractivity contribution is -0.251. The van der Waals surface area contributed by atoms with E-state index in [1.165, 1.54) is 37.3 Å². The minimum atomic E-state index is -2.11. The second-order valence-corrected chi connectivity index (χ2v) is 15.6. The molecule has 0 radical (unpaired) electrons. The smallest absolute Gasteiger partial charge is 0.314 e.